The van der Waals surface area contributed by atoms with Crippen LogP contribution in [0.2, 0.25) is 0 Å². The van der Waals surface area contributed by atoms with Gasteiger partial charge in [0.05, 0.1) is 6.04 Å². The highest BCUT2D eigenvalue weighted by molar-refractivity contribution is 5.95. The molecular weight excluding hydrogens is 386 g/mol. The third-order valence-electron chi connectivity index (χ3n) is 4.47. The van der Waals surface area contributed by atoms with Gasteiger partial charge in [0.15, 0.2) is 19.0 Å². The van der Waals surface area contributed by atoms with Gasteiger partial charge in [0, 0.05) is 17.4 Å². The second-order valence-electron chi connectivity index (χ2n) is 6.73. The van der Waals surface area contributed by atoms with Crippen LogP contribution in [0.15, 0.2) is 59.0 Å². The topological polar surface area (TPSA) is 94.8 Å². The first-order valence-corrected chi connectivity index (χ1v) is 9.65. The quantitative estimate of drug-likeness (QED) is 0.426. The fourth-order valence-corrected chi connectivity index (χ4v) is 2.84. The summed E-state index contributed by atoms with van der Waals surface area (Å²) < 4.78 is 16.0. The van der Waals surface area contributed by atoms with E-state index in [9.17, 15) is 14.4 Å². The van der Waals surface area contributed by atoms with E-state index in [-0.39, 0.29) is 18.4 Å². The molecule has 0 unspecified atom stereocenters. The number of hydrogen-bond donors (Lipinski definition) is 1. The maximum atomic E-state index is 12.0. The number of ether oxygens (including phenoxy) is 2. The first kappa shape index (κ1) is 21.1. The van der Waals surface area contributed by atoms with Crippen LogP contribution in [-0.2, 0) is 14.3 Å². The molecule has 0 bridgehead atoms. The second kappa shape index (κ2) is 9.73. The SMILES string of the molecule is CCC(=O)c1ccc(OCC(=O)OCC(=O)N[C@@H](C)c2cc3ccccc3o2)cc1. The highest BCUT2D eigenvalue weighted by Gasteiger charge is 2.15. The number of furan rings is 1. The molecule has 1 aromatic heterocycles. The van der Waals surface area contributed by atoms with Crippen LogP contribution in [0.4, 0.5) is 0 Å². The number of ketones is 1. The van der Waals surface area contributed by atoms with Crippen molar-refractivity contribution >= 4 is 28.6 Å². The number of hydrogen-bond acceptors (Lipinski definition) is 6. The molecule has 2 aromatic carbocycles. The molecule has 0 spiro atoms. The number of benzene rings is 2. The molecule has 1 atom stereocenters. The first-order valence-electron chi connectivity index (χ1n) is 9.65. The highest BCUT2D eigenvalue weighted by atomic mass is 16.6. The lowest BCUT2D eigenvalue weighted by Gasteiger charge is -2.12. The van der Waals surface area contributed by atoms with Crippen molar-refractivity contribution < 1.29 is 28.3 Å². The number of esters is 1. The molecule has 0 saturated heterocycles. The standard InChI is InChI=1S/C23H23NO6/c1-3-19(25)16-8-10-18(11-9-16)28-14-23(27)29-13-22(26)24-15(2)21-12-17-6-4-5-7-20(17)30-21/h4-12,15H,3,13-14H2,1-2H3,(H,24,26)/t15-/m0/s1. The maximum Gasteiger partial charge on any atom is 0.344 e. The number of para-hydroxylation sites is 1. The predicted molar refractivity (Wildman–Crippen MR) is 110 cm³/mol. The van der Waals surface area contributed by atoms with Crippen molar-refractivity contribution in [3.8, 4) is 5.75 Å². The minimum absolute atomic E-state index is 0.0313. The molecule has 1 heterocycles. The molecule has 0 saturated carbocycles. The summed E-state index contributed by atoms with van der Waals surface area (Å²) in [5.41, 5.74) is 1.33. The highest BCUT2D eigenvalue weighted by Crippen LogP contribution is 2.23. The van der Waals surface area contributed by atoms with Gasteiger partial charge in [-0.2, -0.15) is 0 Å². The van der Waals surface area contributed by atoms with E-state index in [4.69, 9.17) is 13.9 Å². The molecular formula is C23H23NO6. The summed E-state index contributed by atoms with van der Waals surface area (Å²) in [4.78, 5) is 35.5. The molecule has 1 amide bonds. The van der Waals surface area contributed by atoms with Gasteiger partial charge in [-0.25, -0.2) is 4.79 Å². The fraction of sp³-hybridized carbons (Fsp3) is 0.261. The van der Waals surface area contributed by atoms with E-state index >= 15 is 0 Å². The van der Waals surface area contributed by atoms with Crippen molar-refractivity contribution in [2.75, 3.05) is 13.2 Å². The van der Waals surface area contributed by atoms with Crippen LogP contribution in [0.5, 0.6) is 5.75 Å². The molecule has 0 fully saturated rings. The smallest absolute Gasteiger partial charge is 0.344 e. The van der Waals surface area contributed by atoms with Crippen molar-refractivity contribution in [2.24, 2.45) is 0 Å². The molecule has 3 aromatic rings. The minimum Gasteiger partial charge on any atom is -0.482 e. The normalized spacial score (nSPS) is 11.7. The summed E-state index contributed by atoms with van der Waals surface area (Å²) in [6, 6.07) is 15.5. The molecule has 1 N–H and O–H groups in total. The van der Waals surface area contributed by atoms with Gasteiger partial charge in [-0.3, -0.25) is 9.59 Å². The monoisotopic (exact) mass is 409 g/mol. The van der Waals surface area contributed by atoms with E-state index in [1.54, 1.807) is 38.1 Å². The van der Waals surface area contributed by atoms with Gasteiger partial charge in [0.2, 0.25) is 0 Å². The largest absolute Gasteiger partial charge is 0.482 e. The first-order chi connectivity index (χ1) is 14.5. The Labute approximate surface area is 174 Å². The summed E-state index contributed by atoms with van der Waals surface area (Å²) >= 11 is 0. The molecule has 0 radical (unpaired) electrons. The summed E-state index contributed by atoms with van der Waals surface area (Å²) in [6.07, 6.45) is 0.420. The molecule has 7 nitrogen and oxygen atoms in total. The van der Waals surface area contributed by atoms with E-state index in [1.165, 1.54) is 0 Å². The maximum absolute atomic E-state index is 12.0. The summed E-state index contributed by atoms with van der Waals surface area (Å²) in [5.74, 6) is -0.0374. The van der Waals surface area contributed by atoms with Crippen LogP contribution in [0.3, 0.4) is 0 Å². The van der Waals surface area contributed by atoms with Crippen molar-refractivity contribution in [2.45, 2.75) is 26.3 Å². The van der Waals surface area contributed by atoms with Gasteiger partial charge in [0.25, 0.3) is 5.91 Å². The Morgan fingerprint density at radius 1 is 1.03 bits per heavy atom. The van der Waals surface area contributed by atoms with Crippen LogP contribution in [0, 0.1) is 0 Å². The lowest BCUT2D eigenvalue weighted by molar-refractivity contribution is -0.150. The molecule has 156 valence electrons. The Hall–Kier alpha value is -3.61. The molecule has 0 aliphatic carbocycles. The molecule has 7 heteroatoms. The van der Waals surface area contributed by atoms with Gasteiger partial charge in [-0.05, 0) is 43.3 Å². The Kier molecular flexibility index (Phi) is 6.85. The Morgan fingerprint density at radius 2 is 1.77 bits per heavy atom. The van der Waals surface area contributed by atoms with Crippen LogP contribution in [-0.4, -0.2) is 30.9 Å². The van der Waals surface area contributed by atoms with Crippen LogP contribution in [0.25, 0.3) is 11.0 Å². The van der Waals surface area contributed by atoms with E-state index in [0.29, 0.717) is 23.5 Å². The number of rotatable bonds is 9. The van der Waals surface area contributed by atoms with Crippen molar-refractivity contribution in [1.29, 1.82) is 0 Å². The zero-order valence-electron chi connectivity index (χ0n) is 16.8. The van der Waals surface area contributed by atoms with Crippen molar-refractivity contribution in [1.82, 2.24) is 5.32 Å². The van der Waals surface area contributed by atoms with Gasteiger partial charge >= 0.3 is 5.97 Å². The lowest BCUT2D eigenvalue weighted by Crippen LogP contribution is -2.31. The van der Waals surface area contributed by atoms with Crippen molar-refractivity contribution in [3.05, 3.63) is 65.9 Å². The van der Waals surface area contributed by atoms with Gasteiger partial charge in [-0.1, -0.05) is 25.1 Å². The second-order valence-corrected chi connectivity index (χ2v) is 6.73. The third kappa shape index (κ3) is 5.47. The molecule has 0 aliphatic heterocycles. The Balaban J connectivity index is 1.41. The van der Waals surface area contributed by atoms with E-state index < -0.39 is 18.5 Å². The van der Waals surface area contributed by atoms with Crippen LogP contribution in [0.1, 0.15) is 42.4 Å². The van der Waals surface area contributed by atoms with E-state index in [1.807, 2.05) is 30.3 Å². The number of Topliss-reactive ketones (excluding diaryl/α,β-unsaturated/α-hetero) is 1. The fourth-order valence-electron chi connectivity index (χ4n) is 2.84. The zero-order chi connectivity index (χ0) is 21.5. The van der Waals surface area contributed by atoms with Gasteiger partial charge < -0.3 is 19.2 Å². The molecule has 0 aliphatic rings. The minimum atomic E-state index is -0.671. The lowest BCUT2D eigenvalue weighted by atomic mass is 10.1. The van der Waals surface area contributed by atoms with Gasteiger partial charge in [-0.15, -0.1) is 0 Å². The van der Waals surface area contributed by atoms with E-state index in [0.717, 1.165) is 11.0 Å². The summed E-state index contributed by atoms with van der Waals surface area (Å²) in [5, 5.41) is 3.67. The van der Waals surface area contributed by atoms with Crippen LogP contribution >= 0.6 is 0 Å². The van der Waals surface area contributed by atoms with E-state index in [2.05, 4.69) is 5.32 Å². The van der Waals surface area contributed by atoms with Gasteiger partial charge in [0.1, 0.15) is 17.1 Å². The molecule has 3 rings (SSSR count). The summed E-state index contributed by atoms with van der Waals surface area (Å²) in [6.45, 7) is 2.81. The average Bonchev–Trinajstić information content (AvgIpc) is 3.20. The van der Waals surface area contributed by atoms with Crippen LogP contribution < -0.4 is 10.1 Å². The summed E-state index contributed by atoms with van der Waals surface area (Å²) in [7, 11) is 0. The number of amides is 1. The predicted octanol–water partition coefficient (Wildman–Crippen LogP) is 3.82. The average molecular weight is 409 g/mol. The van der Waals surface area contributed by atoms with Crippen molar-refractivity contribution in [3.63, 3.8) is 0 Å². The number of nitrogens with one attached hydrogen (secondary N) is 1. The third-order valence-corrected chi connectivity index (χ3v) is 4.47. The number of carbonyl (C=O) groups is 3. The zero-order valence-corrected chi connectivity index (χ0v) is 16.8. The Bertz CT molecular complexity index is 1000. The number of fused-ring (bicyclic) bond motifs is 1. The number of carbonyl (C=O) groups excluding carboxylic acids is 3. The molecule has 30 heavy (non-hydrogen) atoms. The Morgan fingerprint density at radius 3 is 2.47 bits per heavy atom.